The molecule has 0 saturated heterocycles. The first-order valence-electron chi connectivity index (χ1n) is 7.50. The minimum Gasteiger partial charge on any atom is -0.397 e. The Bertz CT molecular complexity index is 514. The molecule has 1 aliphatic rings. The SMILES string of the molecule is CC(C)N(CC1CC1)C(C)C(=O)Nc1ccc(F)cc1N. The van der Waals surface area contributed by atoms with E-state index in [0.29, 0.717) is 11.7 Å². The van der Waals surface area contributed by atoms with Crippen molar-refractivity contribution in [3.63, 3.8) is 0 Å². The first-order chi connectivity index (χ1) is 9.88. The molecule has 0 aliphatic heterocycles. The third kappa shape index (κ3) is 4.17. The van der Waals surface area contributed by atoms with E-state index in [0.717, 1.165) is 12.5 Å². The van der Waals surface area contributed by atoms with Crippen LogP contribution in [0, 0.1) is 11.7 Å². The van der Waals surface area contributed by atoms with Crippen LogP contribution in [0.25, 0.3) is 0 Å². The van der Waals surface area contributed by atoms with Crippen LogP contribution in [0.3, 0.4) is 0 Å². The van der Waals surface area contributed by atoms with Crippen LogP contribution in [0.1, 0.15) is 33.6 Å². The highest BCUT2D eigenvalue weighted by Gasteiger charge is 2.30. The summed E-state index contributed by atoms with van der Waals surface area (Å²) in [5, 5.41) is 2.79. The molecule has 0 radical (unpaired) electrons. The number of amides is 1. The smallest absolute Gasteiger partial charge is 0.241 e. The Morgan fingerprint density at radius 1 is 1.43 bits per heavy atom. The molecule has 4 nitrogen and oxygen atoms in total. The van der Waals surface area contributed by atoms with E-state index in [9.17, 15) is 9.18 Å². The van der Waals surface area contributed by atoms with Crippen LogP contribution >= 0.6 is 0 Å². The quantitative estimate of drug-likeness (QED) is 0.793. The Morgan fingerprint density at radius 3 is 2.62 bits per heavy atom. The van der Waals surface area contributed by atoms with Gasteiger partial charge in [-0.05, 0) is 57.7 Å². The second-order valence-electron chi connectivity index (χ2n) is 6.13. The molecule has 1 aromatic rings. The number of nitrogens with zero attached hydrogens (tertiary/aromatic N) is 1. The molecule has 3 N–H and O–H groups in total. The minimum atomic E-state index is -0.406. The molecule has 1 amide bonds. The number of carbonyl (C=O) groups excluding carboxylic acids is 1. The predicted octanol–water partition coefficient (Wildman–Crippen LogP) is 2.86. The molecule has 5 heteroatoms. The Balaban J connectivity index is 2.03. The van der Waals surface area contributed by atoms with Crippen molar-refractivity contribution < 1.29 is 9.18 Å². The fourth-order valence-corrected chi connectivity index (χ4v) is 2.45. The highest BCUT2D eigenvalue weighted by molar-refractivity contribution is 5.97. The van der Waals surface area contributed by atoms with Gasteiger partial charge in [-0.25, -0.2) is 4.39 Å². The summed E-state index contributed by atoms with van der Waals surface area (Å²) in [6, 6.07) is 4.06. The Labute approximate surface area is 125 Å². The van der Waals surface area contributed by atoms with Gasteiger partial charge in [-0.15, -0.1) is 0 Å². The molecule has 0 heterocycles. The molecule has 21 heavy (non-hydrogen) atoms. The van der Waals surface area contributed by atoms with Crippen LogP contribution in [0.5, 0.6) is 0 Å². The zero-order valence-corrected chi connectivity index (χ0v) is 12.9. The maximum atomic E-state index is 13.0. The predicted molar refractivity (Wildman–Crippen MR) is 83.5 cm³/mol. The van der Waals surface area contributed by atoms with E-state index in [-0.39, 0.29) is 17.6 Å². The Kier molecular flexibility index (Phi) is 4.83. The fraction of sp³-hybridized carbons (Fsp3) is 0.562. The number of carbonyl (C=O) groups is 1. The van der Waals surface area contributed by atoms with Gasteiger partial charge < -0.3 is 11.1 Å². The summed E-state index contributed by atoms with van der Waals surface area (Å²) in [5.74, 6) is 0.206. The summed E-state index contributed by atoms with van der Waals surface area (Å²) in [7, 11) is 0. The maximum absolute atomic E-state index is 13.0. The van der Waals surface area contributed by atoms with Crippen LogP contribution in [0.4, 0.5) is 15.8 Å². The average Bonchev–Trinajstić information content (AvgIpc) is 3.22. The molecule has 1 aromatic carbocycles. The van der Waals surface area contributed by atoms with Gasteiger partial charge >= 0.3 is 0 Å². The first kappa shape index (κ1) is 15.8. The van der Waals surface area contributed by atoms with Gasteiger partial charge in [0.15, 0.2) is 0 Å². The van der Waals surface area contributed by atoms with Crippen molar-refractivity contribution >= 4 is 17.3 Å². The summed E-state index contributed by atoms with van der Waals surface area (Å²) < 4.78 is 13.0. The van der Waals surface area contributed by atoms with E-state index in [1.807, 2.05) is 6.92 Å². The van der Waals surface area contributed by atoms with Gasteiger partial charge in [0.1, 0.15) is 5.82 Å². The van der Waals surface area contributed by atoms with Gasteiger partial charge in [-0.3, -0.25) is 9.69 Å². The van der Waals surface area contributed by atoms with Crippen molar-refractivity contribution in [2.45, 2.75) is 45.7 Å². The van der Waals surface area contributed by atoms with Crippen LogP contribution < -0.4 is 11.1 Å². The first-order valence-corrected chi connectivity index (χ1v) is 7.50. The molecule has 1 aliphatic carbocycles. The van der Waals surface area contributed by atoms with Crippen molar-refractivity contribution in [3.8, 4) is 0 Å². The fourth-order valence-electron chi connectivity index (χ4n) is 2.45. The van der Waals surface area contributed by atoms with Gasteiger partial charge in [-0.2, -0.15) is 0 Å². The third-order valence-corrected chi connectivity index (χ3v) is 3.98. The van der Waals surface area contributed by atoms with E-state index < -0.39 is 5.82 Å². The lowest BCUT2D eigenvalue weighted by Gasteiger charge is -2.32. The van der Waals surface area contributed by atoms with Gasteiger partial charge in [0, 0.05) is 12.6 Å². The van der Waals surface area contributed by atoms with Crippen molar-refractivity contribution in [1.82, 2.24) is 4.90 Å². The van der Waals surface area contributed by atoms with Crippen molar-refractivity contribution in [2.75, 3.05) is 17.6 Å². The molecular weight excluding hydrogens is 269 g/mol. The standard InChI is InChI=1S/C16H24FN3O/c1-10(2)20(9-12-4-5-12)11(3)16(21)19-15-7-6-13(17)8-14(15)18/h6-8,10-12H,4-5,9,18H2,1-3H3,(H,19,21). The van der Waals surface area contributed by atoms with E-state index in [4.69, 9.17) is 5.73 Å². The van der Waals surface area contributed by atoms with Gasteiger partial charge in [-0.1, -0.05) is 0 Å². The summed E-state index contributed by atoms with van der Waals surface area (Å²) in [4.78, 5) is 14.6. The molecule has 1 unspecified atom stereocenters. The topological polar surface area (TPSA) is 58.4 Å². The molecule has 1 atom stereocenters. The highest BCUT2D eigenvalue weighted by Crippen LogP contribution is 2.31. The number of benzene rings is 1. The lowest BCUT2D eigenvalue weighted by Crippen LogP contribution is -2.46. The summed E-state index contributed by atoms with van der Waals surface area (Å²) in [5.41, 5.74) is 6.43. The van der Waals surface area contributed by atoms with Crippen LogP contribution in [-0.2, 0) is 4.79 Å². The van der Waals surface area contributed by atoms with Gasteiger partial charge in [0.25, 0.3) is 0 Å². The van der Waals surface area contributed by atoms with Gasteiger partial charge in [0.05, 0.1) is 17.4 Å². The summed E-state index contributed by atoms with van der Waals surface area (Å²) in [6.45, 7) is 7.04. The zero-order valence-electron chi connectivity index (χ0n) is 12.9. The minimum absolute atomic E-state index is 0.109. The van der Waals surface area contributed by atoms with Gasteiger partial charge in [0.2, 0.25) is 5.91 Å². The highest BCUT2D eigenvalue weighted by atomic mass is 19.1. The number of nitrogen functional groups attached to an aromatic ring is 1. The Morgan fingerprint density at radius 2 is 2.10 bits per heavy atom. The molecule has 0 bridgehead atoms. The number of anilines is 2. The largest absolute Gasteiger partial charge is 0.397 e. The normalized spacial score (nSPS) is 16.3. The van der Waals surface area contributed by atoms with E-state index in [2.05, 4.69) is 24.1 Å². The van der Waals surface area contributed by atoms with Crippen molar-refractivity contribution in [2.24, 2.45) is 5.92 Å². The zero-order chi connectivity index (χ0) is 15.6. The second-order valence-corrected chi connectivity index (χ2v) is 6.13. The molecule has 1 fully saturated rings. The average molecular weight is 293 g/mol. The van der Waals surface area contributed by atoms with E-state index >= 15 is 0 Å². The van der Waals surface area contributed by atoms with Crippen LogP contribution in [0.2, 0.25) is 0 Å². The number of rotatable bonds is 6. The third-order valence-electron chi connectivity index (χ3n) is 3.98. The summed E-state index contributed by atoms with van der Waals surface area (Å²) in [6.07, 6.45) is 2.50. The number of hydrogen-bond acceptors (Lipinski definition) is 3. The Hall–Kier alpha value is -1.62. The monoisotopic (exact) mass is 293 g/mol. The second kappa shape index (κ2) is 6.43. The lowest BCUT2D eigenvalue weighted by molar-refractivity contribution is -0.121. The molecule has 0 aromatic heterocycles. The number of nitrogens with one attached hydrogen (secondary N) is 1. The van der Waals surface area contributed by atoms with Crippen molar-refractivity contribution in [1.29, 1.82) is 0 Å². The van der Waals surface area contributed by atoms with Crippen LogP contribution in [-0.4, -0.2) is 29.4 Å². The van der Waals surface area contributed by atoms with E-state index in [1.54, 1.807) is 0 Å². The molecule has 1 saturated carbocycles. The number of nitrogens with two attached hydrogens (primary N) is 1. The molecular formula is C16H24FN3O. The summed E-state index contributed by atoms with van der Waals surface area (Å²) >= 11 is 0. The van der Waals surface area contributed by atoms with E-state index in [1.165, 1.54) is 31.0 Å². The molecule has 0 spiro atoms. The number of hydrogen-bond donors (Lipinski definition) is 2. The maximum Gasteiger partial charge on any atom is 0.241 e. The van der Waals surface area contributed by atoms with Crippen LogP contribution in [0.15, 0.2) is 18.2 Å². The van der Waals surface area contributed by atoms with Crippen molar-refractivity contribution in [3.05, 3.63) is 24.0 Å². The molecule has 116 valence electrons. The molecule has 2 rings (SSSR count). The number of halogens is 1. The lowest BCUT2D eigenvalue weighted by atomic mass is 10.1.